The van der Waals surface area contributed by atoms with Crippen molar-refractivity contribution in [3.63, 3.8) is 0 Å². The van der Waals surface area contributed by atoms with Crippen LogP contribution in [0.1, 0.15) is 18.1 Å². The molecule has 0 fully saturated rings. The predicted molar refractivity (Wildman–Crippen MR) is 83.0 cm³/mol. The number of aromatic nitrogens is 2. The van der Waals surface area contributed by atoms with Crippen LogP contribution in [-0.4, -0.2) is 20.9 Å². The molecule has 1 heterocycles. The lowest BCUT2D eigenvalue weighted by atomic mass is 10.2. The highest BCUT2D eigenvalue weighted by atomic mass is 79.9. The summed E-state index contributed by atoms with van der Waals surface area (Å²) in [7, 11) is 0. The molecule has 0 bridgehead atoms. The Morgan fingerprint density at radius 2 is 2.33 bits per heavy atom. The Labute approximate surface area is 131 Å². The molecule has 0 aliphatic rings. The van der Waals surface area contributed by atoms with E-state index in [4.69, 9.17) is 9.84 Å². The number of rotatable bonds is 6. The van der Waals surface area contributed by atoms with Gasteiger partial charge in [-0.2, -0.15) is 5.10 Å². The van der Waals surface area contributed by atoms with E-state index in [9.17, 15) is 4.79 Å². The van der Waals surface area contributed by atoms with Crippen molar-refractivity contribution >= 4 is 28.0 Å². The van der Waals surface area contributed by atoms with Gasteiger partial charge in [0, 0.05) is 34.4 Å². The van der Waals surface area contributed by atoms with Gasteiger partial charge in [0.05, 0.1) is 6.20 Å². The summed E-state index contributed by atoms with van der Waals surface area (Å²) in [6.07, 6.45) is 6.28. The summed E-state index contributed by atoms with van der Waals surface area (Å²) in [5.41, 5.74) is 1.67. The minimum absolute atomic E-state index is 0.384. The van der Waals surface area contributed by atoms with E-state index in [2.05, 4.69) is 21.0 Å². The van der Waals surface area contributed by atoms with Gasteiger partial charge in [-0.25, -0.2) is 4.79 Å². The third-order valence-corrected chi connectivity index (χ3v) is 3.28. The molecule has 5 nitrogen and oxygen atoms in total. The quantitative estimate of drug-likeness (QED) is 0.811. The minimum atomic E-state index is -0.995. The molecule has 1 aromatic heterocycles. The number of aliphatic carboxylic acids is 1. The Hall–Kier alpha value is -2.08. The van der Waals surface area contributed by atoms with E-state index in [0.29, 0.717) is 17.9 Å². The molecule has 1 N–H and O–H groups in total. The maximum atomic E-state index is 10.6. The first-order valence-corrected chi connectivity index (χ1v) is 7.22. The third kappa shape index (κ3) is 4.46. The summed E-state index contributed by atoms with van der Waals surface area (Å²) < 4.78 is 8.43. The lowest BCUT2D eigenvalue weighted by Gasteiger charge is -2.08. The molecule has 2 rings (SSSR count). The summed E-state index contributed by atoms with van der Waals surface area (Å²) in [4.78, 5) is 10.6. The zero-order valence-corrected chi connectivity index (χ0v) is 13.1. The van der Waals surface area contributed by atoms with Crippen LogP contribution in [0.3, 0.4) is 0 Å². The van der Waals surface area contributed by atoms with Gasteiger partial charge in [0.25, 0.3) is 0 Å². The standard InChI is InChI=1S/C15H15BrN2O3/c1-2-18-9-11(8-17-18)10-21-14-5-4-13(16)7-12(14)3-6-15(19)20/h3-9H,2,10H2,1H3,(H,19,20). The van der Waals surface area contributed by atoms with E-state index in [-0.39, 0.29) is 0 Å². The molecule has 0 atom stereocenters. The smallest absolute Gasteiger partial charge is 0.328 e. The zero-order chi connectivity index (χ0) is 15.2. The van der Waals surface area contributed by atoms with Crippen LogP contribution in [0.15, 0.2) is 41.1 Å². The average molecular weight is 351 g/mol. The fourth-order valence-electron chi connectivity index (χ4n) is 1.76. The summed E-state index contributed by atoms with van der Waals surface area (Å²) in [6, 6.07) is 5.46. The summed E-state index contributed by atoms with van der Waals surface area (Å²) >= 11 is 3.36. The molecule has 6 heteroatoms. The Kier molecular flexibility index (Phi) is 5.16. The van der Waals surface area contributed by atoms with E-state index >= 15 is 0 Å². The highest BCUT2D eigenvalue weighted by Crippen LogP contribution is 2.25. The molecule has 21 heavy (non-hydrogen) atoms. The van der Waals surface area contributed by atoms with E-state index in [1.54, 1.807) is 12.3 Å². The Bertz CT molecular complexity index is 665. The second-order valence-electron chi connectivity index (χ2n) is 4.35. The maximum absolute atomic E-state index is 10.6. The van der Waals surface area contributed by atoms with Gasteiger partial charge in [-0.05, 0) is 31.2 Å². The van der Waals surface area contributed by atoms with E-state index in [1.165, 1.54) is 6.08 Å². The molecule has 0 amide bonds. The van der Waals surface area contributed by atoms with Crippen molar-refractivity contribution in [2.45, 2.75) is 20.1 Å². The number of hydrogen-bond donors (Lipinski definition) is 1. The minimum Gasteiger partial charge on any atom is -0.488 e. The summed E-state index contributed by atoms with van der Waals surface area (Å²) in [5, 5.41) is 12.9. The molecule has 0 aliphatic heterocycles. The largest absolute Gasteiger partial charge is 0.488 e. The monoisotopic (exact) mass is 350 g/mol. The highest BCUT2D eigenvalue weighted by Gasteiger charge is 2.05. The normalized spacial score (nSPS) is 11.0. The summed E-state index contributed by atoms with van der Waals surface area (Å²) in [6.45, 7) is 3.21. The van der Waals surface area contributed by atoms with Crippen molar-refractivity contribution in [3.05, 3.63) is 52.3 Å². The number of halogens is 1. The molecule has 1 aromatic carbocycles. The molecule has 0 saturated heterocycles. The lowest BCUT2D eigenvalue weighted by molar-refractivity contribution is -0.131. The van der Waals surface area contributed by atoms with Crippen LogP contribution in [0.5, 0.6) is 5.75 Å². The number of benzene rings is 1. The third-order valence-electron chi connectivity index (χ3n) is 2.78. The first kappa shape index (κ1) is 15.3. The van der Waals surface area contributed by atoms with Crippen molar-refractivity contribution in [1.82, 2.24) is 9.78 Å². The first-order valence-electron chi connectivity index (χ1n) is 6.43. The van der Waals surface area contributed by atoms with Gasteiger partial charge in [-0.15, -0.1) is 0 Å². The van der Waals surface area contributed by atoms with Crippen LogP contribution in [0.4, 0.5) is 0 Å². The van der Waals surface area contributed by atoms with Crippen molar-refractivity contribution < 1.29 is 14.6 Å². The van der Waals surface area contributed by atoms with E-state index < -0.39 is 5.97 Å². The van der Waals surface area contributed by atoms with E-state index in [0.717, 1.165) is 22.7 Å². The van der Waals surface area contributed by atoms with Crippen molar-refractivity contribution in [3.8, 4) is 5.75 Å². The fourth-order valence-corrected chi connectivity index (χ4v) is 2.14. The second-order valence-corrected chi connectivity index (χ2v) is 5.26. The van der Waals surface area contributed by atoms with Gasteiger partial charge in [-0.1, -0.05) is 15.9 Å². The first-order chi connectivity index (χ1) is 10.1. The van der Waals surface area contributed by atoms with Crippen LogP contribution >= 0.6 is 15.9 Å². The molecule has 0 radical (unpaired) electrons. The zero-order valence-electron chi connectivity index (χ0n) is 11.5. The molecular weight excluding hydrogens is 336 g/mol. The van der Waals surface area contributed by atoms with Crippen molar-refractivity contribution in [2.24, 2.45) is 0 Å². The summed E-state index contributed by atoms with van der Waals surface area (Å²) in [5.74, 6) is -0.370. The number of aryl methyl sites for hydroxylation is 1. The number of nitrogens with zero attached hydrogens (tertiary/aromatic N) is 2. The molecule has 2 aromatic rings. The second kappa shape index (κ2) is 7.08. The van der Waals surface area contributed by atoms with Crippen LogP contribution in [0, 0.1) is 0 Å². The van der Waals surface area contributed by atoms with Gasteiger partial charge in [0.2, 0.25) is 0 Å². The number of carboxylic acids is 1. The van der Waals surface area contributed by atoms with Crippen LogP contribution in [0.25, 0.3) is 6.08 Å². The van der Waals surface area contributed by atoms with Crippen molar-refractivity contribution in [1.29, 1.82) is 0 Å². The number of hydrogen-bond acceptors (Lipinski definition) is 3. The fraction of sp³-hybridized carbons (Fsp3) is 0.200. The Morgan fingerprint density at radius 1 is 1.52 bits per heavy atom. The number of carboxylic acid groups (broad SMARTS) is 1. The van der Waals surface area contributed by atoms with Gasteiger partial charge in [0.15, 0.2) is 0 Å². The molecule has 0 spiro atoms. The predicted octanol–water partition coefficient (Wildman–Crippen LogP) is 3.34. The van der Waals surface area contributed by atoms with E-state index in [1.807, 2.05) is 29.9 Å². The lowest BCUT2D eigenvalue weighted by Crippen LogP contribution is -1.97. The van der Waals surface area contributed by atoms with Gasteiger partial charge < -0.3 is 9.84 Å². The van der Waals surface area contributed by atoms with Crippen LogP contribution in [-0.2, 0) is 17.9 Å². The molecule has 0 saturated carbocycles. The SMILES string of the molecule is CCn1cc(COc2ccc(Br)cc2C=CC(=O)O)cn1. The highest BCUT2D eigenvalue weighted by molar-refractivity contribution is 9.10. The van der Waals surface area contributed by atoms with Crippen LogP contribution < -0.4 is 4.74 Å². The van der Waals surface area contributed by atoms with Crippen LogP contribution in [0.2, 0.25) is 0 Å². The molecule has 0 unspecified atom stereocenters. The van der Waals surface area contributed by atoms with Gasteiger partial charge in [-0.3, -0.25) is 4.68 Å². The molecular formula is C15H15BrN2O3. The Balaban J connectivity index is 2.13. The van der Waals surface area contributed by atoms with Gasteiger partial charge in [0.1, 0.15) is 12.4 Å². The topological polar surface area (TPSA) is 64.3 Å². The number of carbonyl (C=O) groups is 1. The van der Waals surface area contributed by atoms with Gasteiger partial charge >= 0.3 is 5.97 Å². The Morgan fingerprint density at radius 3 is 3.00 bits per heavy atom. The average Bonchev–Trinajstić information content (AvgIpc) is 2.92. The molecule has 0 aliphatic carbocycles. The number of ether oxygens (including phenoxy) is 1. The maximum Gasteiger partial charge on any atom is 0.328 e. The van der Waals surface area contributed by atoms with Crippen molar-refractivity contribution in [2.75, 3.05) is 0 Å². The molecule has 110 valence electrons.